The Morgan fingerprint density at radius 3 is 2.19 bits per heavy atom. The second-order valence-electron chi connectivity index (χ2n) is 7.29. The van der Waals surface area contributed by atoms with Crippen LogP contribution in [0.4, 0.5) is 32.2 Å². The summed E-state index contributed by atoms with van der Waals surface area (Å²) in [5.41, 5.74) is -1.31. The minimum Gasteiger partial charge on any atom is -0.388 e. The molecule has 0 aliphatic carbocycles. The fourth-order valence-electron chi connectivity index (χ4n) is 3.34. The monoisotopic (exact) mass is 450 g/mol. The summed E-state index contributed by atoms with van der Waals surface area (Å²) in [5, 5.41) is 3.69. The van der Waals surface area contributed by atoms with E-state index in [2.05, 4.69) is 20.3 Å². The van der Waals surface area contributed by atoms with Gasteiger partial charge in [0.05, 0.1) is 16.6 Å². The molecule has 2 heterocycles. The van der Waals surface area contributed by atoms with Crippen molar-refractivity contribution in [3.8, 4) is 11.4 Å². The first-order valence-electron chi connectivity index (χ1n) is 9.57. The molecule has 0 bridgehead atoms. The number of benzene rings is 2. The van der Waals surface area contributed by atoms with Crippen molar-refractivity contribution in [3.63, 3.8) is 0 Å². The van der Waals surface area contributed by atoms with Crippen LogP contribution < -0.4 is 5.32 Å². The van der Waals surface area contributed by atoms with E-state index in [0.29, 0.717) is 41.7 Å². The fourth-order valence-corrected chi connectivity index (χ4v) is 3.34. The van der Waals surface area contributed by atoms with Gasteiger partial charge < -0.3 is 5.32 Å². The smallest absolute Gasteiger partial charge is 0.388 e. The average molecular weight is 450 g/mol. The Hall–Kier alpha value is -3.43. The minimum atomic E-state index is -4.96. The summed E-state index contributed by atoms with van der Waals surface area (Å²) in [6.07, 6.45) is -7.53. The van der Waals surface area contributed by atoms with Gasteiger partial charge in [-0.2, -0.15) is 26.3 Å². The lowest BCUT2D eigenvalue weighted by Crippen LogP contribution is -2.21. The molecule has 0 saturated carbocycles. The second-order valence-corrected chi connectivity index (χ2v) is 7.29. The zero-order valence-corrected chi connectivity index (χ0v) is 16.6. The third kappa shape index (κ3) is 4.58. The highest BCUT2D eigenvalue weighted by Gasteiger charge is 2.37. The van der Waals surface area contributed by atoms with E-state index in [4.69, 9.17) is 0 Å². The first-order valence-corrected chi connectivity index (χ1v) is 9.57. The highest BCUT2D eigenvalue weighted by molar-refractivity contribution is 6.00. The Kier molecular flexibility index (Phi) is 5.39. The third-order valence-corrected chi connectivity index (χ3v) is 4.85. The lowest BCUT2D eigenvalue weighted by Gasteiger charge is -2.15. The number of nitrogens with zero attached hydrogens (tertiary/aromatic N) is 3. The predicted octanol–water partition coefficient (Wildman–Crippen LogP) is 6.30. The molecule has 3 aromatic rings. The summed E-state index contributed by atoms with van der Waals surface area (Å²) in [6, 6.07) is 8.00. The van der Waals surface area contributed by atoms with Gasteiger partial charge in [0.1, 0.15) is 0 Å². The van der Waals surface area contributed by atoms with Gasteiger partial charge in [-0.25, -0.2) is 15.0 Å². The molecule has 32 heavy (non-hydrogen) atoms. The third-order valence-electron chi connectivity index (χ3n) is 4.85. The van der Waals surface area contributed by atoms with Crippen molar-refractivity contribution in [1.82, 2.24) is 15.3 Å². The number of halogens is 6. The van der Waals surface area contributed by atoms with E-state index in [1.807, 2.05) is 13.0 Å². The van der Waals surface area contributed by atoms with E-state index in [-0.39, 0.29) is 17.7 Å². The maximum absolute atomic E-state index is 13.3. The van der Waals surface area contributed by atoms with E-state index in [0.717, 1.165) is 5.70 Å². The van der Waals surface area contributed by atoms with Crippen molar-refractivity contribution in [2.24, 2.45) is 4.99 Å². The number of para-hydroxylation sites is 1. The van der Waals surface area contributed by atoms with Crippen LogP contribution in [0.5, 0.6) is 0 Å². The van der Waals surface area contributed by atoms with E-state index >= 15 is 0 Å². The number of fused-ring (bicyclic) bond motifs is 1. The van der Waals surface area contributed by atoms with Crippen molar-refractivity contribution >= 4 is 22.4 Å². The van der Waals surface area contributed by atoms with Gasteiger partial charge in [0.2, 0.25) is 0 Å². The molecule has 1 N–H and O–H groups in total. The molecule has 0 fully saturated rings. The average Bonchev–Trinajstić information content (AvgIpc) is 2.72. The number of allylic oxidation sites excluding steroid dienone is 2. The Balaban J connectivity index is 1.94. The summed E-state index contributed by atoms with van der Waals surface area (Å²) in [4.78, 5) is 13.0. The Labute approximate surface area is 178 Å². The summed E-state index contributed by atoms with van der Waals surface area (Å²) in [6.45, 7) is 2.51. The first-order chi connectivity index (χ1) is 15.0. The van der Waals surface area contributed by atoms with Crippen LogP contribution in [0.2, 0.25) is 0 Å². The number of aromatic nitrogens is 2. The Bertz CT molecular complexity index is 1210. The van der Waals surface area contributed by atoms with Crippen molar-refractivity contribution in [2.45, 2.75) is 25.7 Å². The van der Waals surface area contributed by atoms with Gasteiger partial charge >= 0.3 is 12.4 Å². The molecule has 0 amide bonds. The van der Waals surface area contributed by atoms with Crippen LogP contribution in [0.1, 0.15) is 24.5 Å². The summed E-state index contributed by atoms with van der Waals surface area (Å²) >= 11 is 0. The minimum absolute atomic E-state index is 0.0777. The molecule has 4 rings (SSSR count). The fraction of sp³-hybridized carbons (Fsp3) is 0.227. The van der Waals surface area contributed by atoms with Crippen LogP contribution in [0.25, 0.3) is 22.3 Å². The van der Waals surface area contributed by atoms with Crippen LogP contribution in [-0.4, -0.2) is 22.2 Å². The first kappa shape index (κ1) is 21.8. The van der Waals surface area contributed by atoms with E-state index in [9.17, 15) is 26.3 Å². The number of aliphatic imine (C=N–C) groups is 1. The number of nitrogens with one attached hydrogen (secondary N) is 1. The molecule has 0 atom stereocenters. The van der Waals surface area contributed by atoms with Gasteiger partial charge in [0, 0.05) is 35.3 Å². The molecule has 10 heteroatoms. The molecule has 0 saturated heterocycles. The van der Waals surface area contributed by atoms with Crippen molar-refractivity contribution in [3.05, 3.63) is 65.4 Å². The molecule has 1 aromatic heterocycles. The molecule has 4 nitrogen and oxygen atoms in total. The lowest BCUT2D eigenvalue weighted by atomic mass is 10.0. The highest BCUT2D eigenvalue weighted by Crippen LogP contribution is 2.38. The number of hydrogen-bond donors (Lipinski definition) is 1. The quantitative estimate of drug-likeness (QED) is 0.466. The molecule has 1 aliphatic rings. The zero-order valence-electron chi connectivity index (χ0n) is 16.6. The molecule has 0 spiro atoms. The van der Waals surface area contributed by atoms with E-state index in [1.54, 1.807) is 24.3 Å². The van der Waals surface area contributed by atoms with Gasteiger partial charge in [0.15, 0.2) is 11.6 Å². The summed E-state index contributed by atoms with van der Waals surface area (Å²) < 4.78 is 79.7. The normalized spacial score (nSPS) is 16.2. The lowest BCUT2D eigenvalue weighted by molar-refractivity contribution is -0.143. The Morgan fingerprint density at radius 2 is 1.56 bits per heavy atom. The maximum atomic E-state index is 13.3. The molecule has 0 radical (unpaired) electrons. The van der Waals surface area contributed by atoms with Gasteiger partial charge in [-0.15, -0.1) is 0 Å². The van der Waals surface area contributed by atoms with Crippen LogP contribution in [-0.2, 0) is 12.4 Å². The van der Waals surface area contributed by atoms with Crippen LogP contribution >= 0.6 is 0 Å². The van der Waals surface area contributed by atoms with Crippen LogP contribution in [0.15, 0.2) is 59.2 Å². The second kappa shape index (κ2) is 7.92. The zero-order chi connectivity index (χ0) is 23.1. The molecular weight excluding hydrogens is 434 g/mol. The van der Waals surface area contributed by atoms with Gasteiger partial charge in [-0.3, -0.25) is 0 Å². The summed E-state index contributed by atoms with van der Waals surface area (Å²) in [7, 11) is 0. The van der Waals surface area contributed by atoms with Gasteiger partial charge in [-0.1, -0.05) is 12.1 Å². The maximum Gasteiger partial charge on any atom is 0.416 e. The summed E-state index contributed by atoms with van der Waals surface area (Å²) in [5.74, 6) is -0.0909. The van der Waals surface area contributed by atoms with E-state index < -0.39 is 29.0 Å². The van der Waals surface area contributed by atoms with E-state index in [1.165, 1.54) is 0 Å². The predicted molar refractivity (Wildman–Crippen MR) is 108 cm³/mol. The standard InChI is InChI=1S/C22H16F6N4/c1-12-8-16(6-7-29-12)30-20-17-4-2-3-5-18(17)31-19(32-20)13-9-14(21(23,24)25)11-15(10-13)22(26,27)28/h2-5,8-11,29H,6-7H2,1H3. The van der Waals surface area contributed by atoms with Crippen molar-refractivity contribution < 1.29 is 26.3 Å². The largest absolute Gasteiger partial charge is 0.416 e. The molecule has 1 aliphatic heterocycles. The van der Waals surface area contributed by atoms with Crippen LogP contribution in [0.3, 0.4) is 0 Å². The van der Waals surface area contributed by atoms with Crippen LogP contribution in [0, 0.1) is 0 Å². The molecular formula is C22H16F6N4. The number of alkyl halides is 6. The van der Waals surface area contributed by atoms with Crippen molar-refractivity contribution in [1.29, 1.82) is 0 Å². The number of rotatable bonds is 2. The molecule has 2 aromatic carbocycles. The van der Waals surface area contributed by atoms with Gasteiger partial charge in [0.25, 0.3) is 0 Å². The van der Waals surface area contributed by atoms with Gasteiger partial charge in [-0.05, 0) is 43.3 Å². The molecule has 166 valence electrons. The topological polar surface area (TPSA) is 50.2 Å². The molecule has 0 unspecified atom stereocenters. The number of hydrogen-bond acceptors (Lipinski definition) is 4. The highest BCUT2D eigenvalue weighted by atomic mass is 19.4. The Morgan fingerprint density at radius 1 is 0.906 bits per heavy atom. The van der Waals surface area contributed by atoms with Crippen molar-refractivity contribution in [2.75, 3.05) is 6.54 Å². The SMILES string of the molecule is CC1=CC(=Nc2nc(-c3cc(C(F)(F)F)cc(C(F)(F)F)c3)nc3ccccc23)CCN1.